The van der Waals surface area contributed by atoms with Crippen molar-refractivity contribution in [2.75, 3.05) is 5.73 Å². The van der Waals surface area contributed by atoms with Crippen molar-refractivity contribution in [3.63, 3.8) is 0 Å². The minimum Gasteiger partial charge on any atom is -0.383 e. The molecule has 2 aromatic heterocycles. The number of imidazole rings is 1. The molecular weight excluding hydrogens is 248 g/mol. The fourth-order valence-electron chi connectivity index (χ4n) is 1.86. The van der Waals surface area contributed by atoms with Gasteiger partial charge in [-0.3, -0.25) is 4.40 Å². The predicted molar refractivity (Wildman–Crippen MR) is 71.7 cm³/mol. The summed E-state index contributed by atoms with van der Waals surface area (Å²) in [7, 11) is 0. The van der Waals surface area contributed by atoms with Gasteiger partial charge in [0.2, 0.25) is 5.78 Å². The molecule has 2 N–H and O–H groups in total. The molecule has 0 saturated carbocycles. The van der Waals surface area contributed by atoms with Gasteiger partial charge in [0.15, 0.2) is 0 Å². The summed E-state index contributed by atoms with van der Waals surface area (Å²) >= 11 is 5.86. The zero-order valence-corrected chi connectivity index (χ0v) is 10.3. The van der Waals surface area contributed by atoms with Crippen molar-refractivity contribution in [1.29, 1.82) is 0 Å². The summed E-state index contributed by atoms with van der Waals surface area (Å²) in [5.41, 5.74) is 8.05. The summed E-state index contributed by atoms with van der Waals surface area (Å²) in [4.78, 5) is 8.35. The van der Waals surface area contributed by atoms with E-state index in [0.29, 0.717) is 11.6 Å². The Labute approximate surface area is 109 Å². The van der Waals surface area contributed by atoms with Gasteiger partial charge in [0.1, 0.15) is 5.82 Å². The molecule has 4 nitrogen and oxygen atoms in total. The van der Waals surface area contributed by atoms with Crippen LogP contribution in [0.2, 0.25) is 5.02 Å². The Hall–Kier alpha value is -2.07. The Balaban J connectivity index is 1.98. The quantitative estimate of drug-likeness (QED) is 0.769. The van der Waals surface area contributed by atoms with E-state index in [1.165, 1.54) is 0 Å². The minimum atomic E-state index is 0.517. The second-order valence-electron chi connectivity index (χ2n) is 4.09. The van der Waals surface area contributed by atoms with Crippen LogP contribution in [0, 0.1) is 0 Å². The van der Waals surface area contributed by atoms with E-state index in [2.05, 4.69) is 9.97 Å². The maximum atomic E-state index is 5.93. The molecule has 0 fully saturated rings. The molecule has 0 saturated heterocycles. The van der Waals surface area contributed by atoms with E-state index in [0.717, 1.165) is 22.6 Å². The predicted octanol–water partition coefficient (Wildman–Crippen LogP) is 2.56. The summed E-state index contributed by atoms with van der Waals surface area (Å²) in [6.07, 6.45) is 6.24. The molecular formula is C13H11ClN4. The minimum absolute atomic E-state index is 0.517. The van der Waals surface area contributed by atoms with Crippen LogP contribution < -0.4 is 5.73 Å². The van der Waals surface area contributed by atoms with Crippen LogP contribution in [0.5, 0.6) is 0 Å². The number of benzene rings is 1. The second-order valence-corrected chi connectivity index (χ2v) is 4.53. The van der Waals surface area contributed by atoms with Crippen molar-refractivity contribution >= 4 is 23.2 Å². The average Bonchev–Trinajstić information content (AvgIpc) is 2.79. The van der Waals surface area contributed by atoms with Crippen molar-refractivity contribution in [3.05, 3.63) is 59.0 Å². The Morgan fingerprint density at radius 1 is 1.22 bits per heavy atom. The third-order valence-electron chi connectivity index (χ3n) is 2.80. The van der Waals surface area contributed by atoms with E-state index in [4.69, 9.17) is 17.3 Å². The molecule has 3 aromatic rings. The van der Waals surface area contributed by atoms with Crippen LogP contribution in [-0.2, 0) is 6.42 Å². The molecule has 2 heterocycles. The SMILES string of the molecule is Nc1nc2nccn2cc1Cc1ccc(Cl)cc1. The van der Waals surface area contributed by atoms with E-state index in [1.807, 2.05) is 41.1 Å². The third kappa shape index (κ3) is 2.02. The van der Waals surface area contributed by atoms with Crippen LogP contribution >= 0.6 is 11.6 Å². The largest absolute Gasteiger partial charge is 0.383 e. The molecule has 18 heavy (non-hydrogen) atoms. The van der Waals surface area contributed by atoms with E-state index >= 15 is 0 Å². The fraction of sp³-hybridized carbons (Fsp3) is 0.0769. The lowest BCUT2D eigenvalue weighted by Gasteiger charge is -2.06. The smallest absolute Gasteiger partial charge is 0.235 e. The molecule has 0 radical (unpaired) electrons. The number of hydrogen-bond acceptors (Lipinski definition) is 3. The third-order valence-corrected chi connectivity index (χ3v) is 3.05. The molecule has 1 aromatic carbocycles. The van der Waals surface area contributed by atoms with Crippen LogP contribution in [0.1, 0.15) is 11.1 Å². The number of rotatable bonds is 2. The molecule has 3 rings (SSSR count). The van der Waals surface area contributed by atoms with Crippen molar-refractivity contribution in [3.8, 4) is 0 Å². The number of halogens is 1. The highest BCUT2D eigenvalue weighted by Gasteiger charge is 2.05. The Kier molecular flexibility index (Phi) is 2.64. The molecule has 0 aliphatic heterocycles. The fourth-order valence-corrected chi connectivity index (χ4v) is 1.99. The lowest BCUT2D eigenvalue weighted by Crippen LogP contribution is -2.02. The number of hydrogen-bond donors (Lipinski definition) is 1. The van der Waals surface area contributed by atoms with Gasteiger partial charge in [-0.05, 0) is 17.7 Å². The molecule has 0 aliphatic carbocycles. The van der Waals surface area contributed by atoms with Crippen LogP contribution in [0.25, 0.3) is 5.78 Å². The molecule has 0 atom stereocenters. The summed E-state index contributed by atoms with van der Waals surface area (Å²) in [5, 5.41) is 0.731. The monoisotopic (exact) mass is 258 g/mol. The molecule has 0 spiro atoms. The van der Waals surface area contributed by atoms with Gasteiger partial charge in [0.25, 0.3) is 0 Å². The molecule has 0 bridgehead atoms. The first-order valence-electron chi connectivity index (χ1n) is 5.55. The van der Waals surface area contributed by atoms with Gasteiger partial charge in [-0.15, -0.1) is 0 Å². The Morgan fingerprint density at radius 3 is 2.78 bits per heavy atom. The topological polar surface area (TPSA) is 56.2 Å². The second kappa shape index (κ2) is 4.31. The number of nitrogen functional groups attached to an aromatic ring is 1. The lowest BCUT2D eigenvalue weighted by molar-refractivity contribution is 1.05. The number of nitrogens with zero attached hydrogens (tertiary/aromatic N) is 3. The number of fused-ring (bicyclic) bond motifs is 1. The van der Waals surface area contributed by atoms with E-state index in [-0.39, 0.29) is 0 Å². The molecule has 0 aliphatic rings. The van der Waals surface area contributed by atoms with Gasteiger partial charge < -0.3 is 5.73 Å². The highest BCUT2D eigenvalue weighted by molar-refractivity contribution is 6.30. The summed E-state index contributed by atoms with van der Waals surface area (Å²) < 4.78 is 1.86. The lowest BCUT2D eigenvalue weighted by atomic mass is 10.1. The zero-order valence-electron chi connectivity index (χ0n) is 9.55. The van der Waals surface area contributed by atoms with Crippen LogP contribution in [0.3, 0.4) is 0 Å². The first-order valence-corrected chi connectivity index (χ1v) is 5.93. The highest BCUT2D eigenvalue weighted by atomic mass is 35.5. The standard InChI is InChI=1S/C13H11ClN4/c14-11-3-1-9(2-4-11)7-10-8-18-6-5-16-13(18)17-12(10)15/h1-6,8H,7H2,(H2,15,16,17). The normalized spacial score (nSPS) is 10.9. The highest BCUT2D eigenvalue weighted by Crippen LogP contribution is 2.17. The van der Waals surface area contributed by atoms with Crippen molar-refractivity contribution in [2.45, 2.75) is 6.42 Å². The number of aromatic nitrogens is 3. The van der Waals surface area contributed by atoms with E-state index in [9.17, 15) is 0 Å². The van der Waals surface area contributed by atoms with Gasteiger partial charge >= 0.3 is 0 Å². The molecule has 90 valence electrons. The van der Waals surface area contributed by atoms with Crippen molar-refractivity contribution in [2.24, 2.45) is 0 Å². The van der Waals surface area contributed by atoms with Crippen molar-refractivity contribution < 1.29 is 0 Å². The van der Waals surface area contributed by atoms with Gasteiger partial charge in [-0.1, -0.05) is 23.7 Å². The molecule has 0 unspecified atom stereocenters. The summed E-state index contributed by atoms with van der Waals surface area (Å²) in [5.74, 6) is 1.14. The Morgan fingerprint density at radius 2 is 2.00 bits per heavy atom. The van der Waals surface area contributed by atoms with Crippen molar-refractivity contribution in [1.82, 2.24) is 14.4 Å². The van der Waals surface area contributed by atoms with Gasteiger partial charge in [-0.25, -0.2) is 4.98 Å². The van der Waals surface area contributed by atoms with Crippen LogP contribution in [0.15, 0.2) is 42.9 Å². The maximum absolute atomic E-state index is 5.93. The number of anilines is 1. The summed E-state index contributed by atoms with van der Waals surface area (Å²) in [6, 6.07) is 7.71. The maximum Gasteiger partial charge on any atom is 0.235 e. The number of nitrogens with two attached hydrogens (primary N) is 1. The molecule has 0 amide bonds. The van der Waals surface area contributed by atoms with Gasteiger partial charge in [-0.2, -0.15) is 4.98 Å². The molecule has 5 heteroatoms. The van der Waals surface area contributed by atoms with Crippen LogP contribution in [0.4, 0.5) is 5.82 Å². The van der Waals surface area contributed by atoms with Crippen LogP contribution in [-0.4, -0.2) is 14.4 Å². The first kappa shape index (κ1) is 11.0. The summed E-state index contributed by atoms with van der Waals surface area (Å²) in [6.45, 7) is 0. The zero-order chi connectivity index (χ0) is 12.5. The first-order chi connectivity index (χ1) is 8.72. The van der Waals surface area contributed by atoms with E-state index in [1.54, 1.807) is 6.20 Å². The van der Waals surface area contributed by atoms with Gasteiger partial charge in [0, 0.05) is 35.6 Å². The average molecular weight is 259 g/mol. The van der Waals surface area contributed by atoms with Gasteiger partial charge in [0.05, 0.1) is 0 Å². The Bertz CT molecular complexity index is 688. The van der Waals surface area contributed by atoms with E-state index < -0.39 is 0 Å².